The maximum absolute atomic E-state index is 12.8. The minimum atomic E-state index is -4.83. The van der Waals surface area contributed by atoms with Crippen molar-refractivity contribution in [2.24, 2.45) is 0 Å². The van der Waals surface area contributed by atoms with E-state index in [0.717, 1.165) is 38.5 Å². The molecule has 3 aromatic rings. The number of nitrogens with zero attached hydrogens (tertiary/aromatic N) is 2. The average Bonchev–Trinajstić information content (AvgIpc) is 2.90. The van der Waals surface area contributed by atoms with Crippen molar-refractivity contribution in [3.8, 4) is 16.9 Å². The number of rotatable bonds is 9. The fourth-order valence-electron chi connectivity index (χ4n) is 4.18. The van der Waals surface area contributed by atoms with Crippen LogP contribution in [0.5, 0.6) is 5.75 Å². The second-order valence-electron chi connectivity index (χ2n) is 9.07. The molecular formula is C28H31F3N4O2S. The van der Waals surface area contributed by atoms with Gasteiger partial charge >= 0.3 is 6.36 Å². The van der Waals surface area contributed by atoms with Crippen LogP contribution in [0.25, 0.3) is 11.1 Å². The van der Waals surface area contributed by atoms with Crippen LogP contribution in [0.15, 0.2) is 66.7 Å². The molecule has 1 fully saturated rings. The number of carbonyl (C=O) groups is 1. The molecule has 1 aliphatic rings. The van der Waals surface area contributed by atoms with Gasteiger partial charge in [0.2, 0.25) is 0 Å². The van der Waals surface area contributed by atoms with Gasteiger partial charge in [-0.2, -0.15) is 0 Å². The van der Waals surface area contributed by atoms with Gasteiger partial charge < -0.3 is 15.8 Å². The van der Waals surface area contributed by atoms with Gasteiger partial charge in [0.1, 0.15) is 5.75 Å². The summed E-state index contributed by atoms with van der Waals surface area (Å²) in [6.07, 6.45) is -3.65. The third-order valence-corrected chi connectivity index (χ3v) is 7.44. The number of nitrogens with two attached hydrogens (primary N) is 1. The molecule has 1 amide bonds. The van der Waals surface area contributed by atoms with E-state index in [9.17, 15) is 18.0 Å². The third kappa shape index (κ3) is 7.89. The van der Waals surface area contributed by atoms with E-state index >= 15 is 0 Å². The number of anilines is 2. The lowest BCUT2D eigenvalue weighted by atomic mass is 10.0. The molecule has 4 rings (SSSR count). The molecular weight excluding hydrogens is 513 g/mol. The summed E-state index contributed by atoms with van der Waals surface area (Å²) in [6.45, 7) is 7.25. The van der Waals surface area contributed by atoms with Crippen molar-refractivity contribution in [2.75, 3.05) is 43.0 Å². The lowest BCUT2D eigenvalue weighted by Crippen LogP contribution is -2.43. The second-order valence-corrected chi connectivity index (χ2v) is 10.3. The number of nitrogens with one attached hydrogen (secondary N) is 1. The second kappa shape index (κ2) is 12.6. The summed E-state index contributed by atoms with van der Waals surface area (Å²) in [7, 11) is 0. The third-order valence-electron chi connectivity index (χ3n) is 6.11. The first-order valence-electron chi connectivity index (χ1n) is 12.5. The molecule has 0 bridgehead atoms. The molecule has 0 radical (unpaired) electrons. The molecule has 0 aliphatic carbocycles. The highest BCUT2D eigenvalue weighted by Crippen LogP contribution is 2.35. The van der Waals surface area contributed by atoms with Crippen molar-refractivity contribution >= 4 is 29.2 Å². The summed E-state index contributed by atoms with van der Waals surface area (Å²) in [5.74, 6) is 0.489. The van der Waals surface area contributed by atoms with Gasteiger partial charge in [-0.3, -0.25) is 9.69 Å². The van der Waals surface area contributed by atoms with E-state index in [2.05, 4.69) is 26.2 Å². The van der Waals surface area contributed by atoms with E-state index in [1.165, 1.54) is 30.2 Å². The molecule has 3 N–H and O–H groups in total. The number of benzene rings is 3. The van der Waals surface area contributed by atoms with Crippen LogP contribution in [0.4, 0.5) is 24.5 Å². The summed E-state index contributed by atoms with van der Waals surface area (Å²) < 4.78 is 45.0. The van der Waals surface area contributed by atoms with Crippen LogP contribution in [0, 0.1) is 0 Å². The van der Waals surface area contributed by atoms with Gasteiger partial charge in [-0.05, 0) is 60.0 Å². The van der Waals surface area contributed by atoms with Crippen LogP contribution in [-0.4, -0.2) is 53.4 Å². The molecule has 202 valence electrons. The zero-order valence-electron chi connectivity index (χ0n) is 21.1. The number of carbonyl (C=O) groups excluding carboxylic acids is 1. The van der Waals surface area contributed by atoms with Gasteiger partial charge in [-0.15, -0.1) is 13.2 Å². The first-order chi connectivity index (χ1) is 18.2. The largest absolute Gasteiger partial charge is 0.573 e. The Hall–Kier alpha value is -3.21. The van der Waals surface area contributed by atoms with Crippen molar-refractivity contribution in [1.29, 1.82) is 0 Å². The number of ether oxygens (including phenoxy) is 1. The van der Waals surface area contributed by atoms with E-state index < -0.39 is 6.36 Å². The quantitative estimate of drug-likeness (QED) is 0.245. The molecule has 0 atom stereocenters. The zero-order valence-corrected chi connectivity index (χ0v) is 21.9. The molecule has 3 aromatic carbocycles. The molecule has 6 nitrogen and oxygen atoms in total. The van der Waals surface area contributed by atoms with Crippen LogP contribution in [0.1, 0.15) is 29.3 Å². The van der Waals surface area contributed by atoms with Crippen LogP contribution in [0.3, 0.4) is 0 Å². The van der Waals surface area contributed by atoms with E-state index in [1.54, 1.807) is 24.3 Å². The van der Waals surface area contributed by atoms with E-state index in [4.69, 9.17) is 5.73 Å². The van der Waals surface area contributed by atoms with Gasteiger partial charge in [0.25, 0.3) is 5.91 Å². The minimum absolute atomic E-state index is 0.186. The fraction of sp³-hybridized carbons (Fsp3) is 0.321. The molecule has 0 aromatic heterocycles. The highest BCUT2D eigenvalue weighted by atomic mass is 32.2. The SMILES string of the molecule is CCCSN1CCN(Cc2ccc(NC(=O)c3ccc(-c4cc(N)ccc4OC(F)(F)F)cc3)cc2)CC1. The molecule has 38 heavy (non-hydrogen) atoms. The van der Waals surface area contributed by atoms with Crippen LogP contribution in [-0.2, 0) is 6.54 Å². The Morgan fingerprint density at radius 2 is 1.68 bits per heavy atom. The topological polar surface area (TPSA) is 70.8 Å². The monoisotopic (exact) mass is 544 g/mol. The Bertz CT molecular complexity index is 1210. The van der Waals surface area contributed by atoms with E-state index in [0.29, 0.717) is 22.5 Å². The molecule has 10 heteroatoms. The number of alkyl halides is 3. The lowest BCUT2D eigenvalue weighted by Gasteiger charge is -2.33. The highest BCUT2D eigenvalue weighted by molar-refractivity contribution is 7.97. The fourth-order valence-corrected chi connectivity index (χ4v) is 5.04. The number of amides is 1. The predicted molar refractivity (Wildman–Crippen MR) is 147 cm³/mol. The summed E-state index contributed by atoms with van der Waals surface area (Å²) in [6, 6.07) is 17.9. The summed E-state index contributed by atoms with van der Waals surface area (Å²) in [4.78, 5) is 15.2. The maximum atomic E-state index is 12.8. The first kappa shape index (κ1) is 27.8. The van der Waals surface area contributed by atoms with E-state index in [1.807, 2.05) is 36.2 Å². The summed E-state index contributed by atoms with van der Waals surface area (Å²) in [5.41, 5.74) is 8.92. The van der Waals surface area contributed by atoms with Crippen molar-refractivity contribution in [3.63, 3.8) is 0 Å². The molecule has 1 saturated heterocycles. The molecule has 1 aliphatic heterocycles. The van der Waals surface area contributed by atoms with Gasteiger partial charge in [-0.25, -0.2) is 4.31 Å². The molecule has 1 heterocycles. The highest BCUT2D eigenvalue weighted by Gasteiger charge is 2.32. The van der Waals surface area contributed by atoms with Gasteiger partial charge in [0.05, 0.1) is 0 Å². The van der Waals surface area contributed by atoms with Gasteiger partial charge in [0, 0.05) is 61.0 Å². The average molecular weight is 545 g/mol. The van der Waals surface area contributed by atoms with Crippen LogP contribution >= 0.6 is 11.9 Å². The standard InChI is InChI=1S/C28H31F3N4O2S/c1-2-17-38-35-15-13-34(14-16-35)19-20-3-10-24(11-4-20)33-27(36)22-7-5-21(6-8-22)25-18-23(32)9-12-26(25)37-28(29,30)31/h3-12,18H,2,13-17,19,32H2,1H3,(H,33,36). The minimum Gasteiger partial charge on any atom is -0.405 e. The Morgan fingerprint density at radius 3 is 2.32 bits per heavy atom. The number of hydrogen-bond acceptors (Lipinski definition) is 6. The molecule has 0 spiro atoms. The van der Waals surface area contributed by atoms with Crippen molar-refractivity contribution in [3.05, 3.63) is 77.9 Å². The number of nitrogen functional groups attached to an aromatic ring is 1. The lowest BCUT2D eigenvalue weighted by molar-refractivity contribution is -0.274. The number of halogens is 3. The molecule has 0 saturated carbocycles. The summed E-state index contributed by atoms with van der Waals surface area (Å²) >= 11 is 1.93. The predicted octanol–water partition coefficient (Wildman–Crippen LogP) is 6.26. The molecule has 0 unspecified atom stereocenters. The van der Waals surface area contributed by atoms with Crippen LogP contribution < -0.4 is 15.8 Å². The number of hydrogen-bond donors (Lipinski definition) is 2. The Morgan fingerprint density at radius 1 is 1.00 bits per heavy atom. The Balaban J connectivity index is 1.34. The smallest absolute Gasteiger partial charge is 0.405 e. The van der Waals surface area contributed by atoms with E-state index in [-0.39, 0.29) is 17.2 Å². The first-order valence-corrected chi connectivity index (χ1v) is 13.4. The van der Waals surface area contributed by atoms with Crippen LogP contribution in [0.2, 0.25) is 0 Å². The van der Waals surface area contributed by atoms with Gasteiger partial charge in [0.15, 0.2) is 0 Å². The van der Waals surface area contributed by atoms with Crippen molar-refractivity contribution in [1.82, 2.24) is 9.21 Å². The maximum Gasteiger partial charge on any atom is 0.573 e. The van der Waals surface area contributed by atoms with Gasteiger partial charge in [-0.1, -0.05) is 43.1 Å². The number of piperazine rings is 1. The van der Waals surface area contributed by atoms with Crippen molar-refractivity contribution < 1.29 is 22.7 Å². The normalized spacial score (nSPS) is 14.8. The van der Waals surface area contributed by atoms with Crippen molar-refractivity contribution in [2.45, 2.75) is 26.3 Å². The zero-order chi connectivity index (χ0) is 27.1. The summed E-state index contributed by atoms with van der Waals surface area (Å²) in [5, 5.41) is 2.87. The Kier molecular flexibility index (Phi) is 9.19. The Labute approximate surface area is 225 Å².